The fraction of sp³-hybridized carbons (Fsp3) is 0.333. The summed E-state index contributed by atoms with van der Waals surface area (Å²) in [5.41, 5.74) is 0.569. The normalized spacial score (nSPS) is 29.7. The summed E-state index contributed by atoms with van der Waals surface area (Å²) < 4.78 is 16.3. The van der Waals surface area contributed by atoms with Crippen molar-refractivity contribution in [3.05, 3.63) is 47.5 Å². The molecule has 4 rings (SSSR count). The standard InChI is InChI=1S/C21H20O11/c22-9-5-11(23)15-12(24)7-13(31-14(15)6-9)8-1-3-10(4-2-8)30-21-18(27)16(25)17(26)19(32-21)20(28)29/h1-6,13,16-19,21-23,25-27H,7H2,(H,28,29)/t13?,16-,17-,18+,19-,21+/m1/s1. The van der Waals surface area contributed by atoms with Crippen LogP contribution in [-0.4, -0.2) is 73.1 Å². The average molecular weight is 448 g/mol. The zero-order chi connectivity index (χ0) is 23.2. The number of hydrogen-bond acceptors (Lipinski definition) is 10. The van der Waals surface area contributed by atoms with Gasteiger partial charge in [0.2, 0.25) is 6.29 Å². The van der Waals surface area contributed by atoms with E-state index in [2.05, 4.69) is 0 Å². The second-order valence-electron chi connectivity index (χ2n) is 7.49. The first kappa shape index (κ1) is 21.8. The highest BCUT2D eigenvalue weighted by atomic mass is 16.7. The molecule has 0 bridgehead atoms. The first-order valence-electron chi connectivity index (χ1n) is 9.60. The number of carboxylic acids is 1. The van der Waals surface area contributed by atoms with Crippen molar-refractivity contribution in [1.82, 2.24) is 0 Å². The molecule has 170 valence electrons. The zero-order valence-electron chi connectivity index (χ0n) is 16.4. The number of benzene rings is 2. The van der Waals surface area contributed by atoms with Crippen LogP contribution < -0.4 is 9.47 Å². The molecular weight excluding hydrogens is 428 g/mol. The molecule has 2 aromatic carbocycles. The van der Waals surface area contributed by atoms with Gasteiger partial charge in [0.15, 0.2) is 11.9 Å². The van der Waals surface area contributed by atoms with Gasteiger partial charge in [-0.05, 0) is 17.7 Å². The molecule has 0 aliphatic carbocycles. The quantitative estimate of drug-likeness (QED) is 0.372. The van der Waals surface area contributed by atoms with Gasteiger partial charge in [0, 0.05) is 12.1 Å². The number of aromatic hydroxyl groups is 2. The summed E-state index contributed by atoms with van der Waals surface area (Å²) >= 11 is 0. The van der Waals surface area contributed by atoms with Crippen molar-refractivity contribution in [3.8, 4) is 23.0 Å². The van der Waals surface area contributed by atoms with Gasteiger partial charge < -0.3 is 44.8 Å². The molecule has 6 atom stereocenters. The Bertz CT molecular complexity index is 1030. The fourth-order valence-corrected chi connectivity index (χ4v) is 3.66. The van der Waals surface area contributed by atoms with Crippen molar-refractivity contribution < 1.29 is 54.4 Å². The van der Waals surface area contributed by atoms with E-state index in [1.165, 1.54) is 18.2 Å². The monoisotopic (exact) mass is 448 g/mol. The third-order valence-corrected chi connectivity index (χ3v) is 5.30. The summed E-state index contributed by atoms with van der Waals surface area (Å²) in [6.45, 7) is 0. The van der Waals surface area contributed by atoms with Gasteiger partial charge in [-0.25, -0.2) is 4.79 Å². The Kier molecular flexibility index (Phi) is 5.65. The molecule has 2 aromatic rings. The van der Waals surface area contributed by atoms with Gasteiger partial charge in [-0.1, -0.05) is 12.1 Å². The van der Waals surface area contributed by atoms with Crippen LogP contribution in [0.5, 0.6) is 23.0 Å². The third-order valence-electron chi connectivity index (χ3n) is 5.30. The lowest BCUT2D eigenvalue weighted by molar-refractivity contribution is -0.271. The molecule has 0 saturated carbocycles. The van der Waals surface area contributed by atoms with E-state index in [0.717, 1.165) is 6.07 Å². The molecular formula is C21H20O11. The Morgan fingerprint density at radius 3 is 2.34 bits per heavy atom. The van der Waals surface area contributed by atoms with Gasteiger partial charge in [-0.15, -0.1) is 0 Å². The maximum Gasteiger partial charge on any atom is 0.335 e. The van der Waals surface area contributed by atoms with Crippen molar-refractivity contribution in [2.45, 2.75) is 43.2 Å². The van der Waals surface area contributed by atoms with Crippen LogP contribution in [0.3, 0.4) is 0 Å². The number of ether oxygens (including phenoxy) is 3. The highest BCUT2D eigenvalue weighted by molar-refractivity contribution is 6.02. The van der Waals surface area contributed by atoms with Crippen LogP contribution in [0.25, 0.3) is 0 Å². The largest absolute Gasteiger partial charge is 0.508 e. The molecule has 0 amide bonds. The predicted molar refractivity (Wildman–Crippen MR) is 103 cm³/mol. The number of carbonyl (C=O) groups excluding carboxylic acids is 1. The van der Waals surface area contributed by atoms with Crippen LogP contribution in [0.4, 0.5) is 0 Å². The minimum Gasteiger partial charge on any atom is -0.508 e. The predicted octanol–water partition coefficient (Wildman–Crippen LogP) is 0.0753. The third kappa shape index (κ3) is 3.94. The lowest BCUT2D eigenvalue weighted by Gasteiger charge is -2.38. The number of aliphatic carboxylic acids is 1. The molecule has 1 saturated heterocycles. The smallest absolute Gasteiger partial charge is 0.335 e. The van der Waals surface area contributed by atoms with Gasteiger partial charge in [0.05, 0.1) is 6.42 Å². The second-order valence-corrected chi connectivity index (χ2v) is 7.49. The zero-order valence-corrected chi connectivity index (χ0v) is 16.4. The molecule has 2 aliphatic heterocycles. The minimum atomic E-state index is -1.83. The average Bonchev–Trinajstić information content (AvgIpc) is 2.73. The second kappa shape index (κ2) is 8.28. The number of phenolic OH excluding ortho intramolecular Hbond substituents is 2. The number of aliphatic hydroxyl groups excluding tert-OH is 3. The van der Waals surface area contributed by atoms with Crippen molar-refractivity contribution in [2.75, 3.05) is 0 Å². The van der Waals surface area contributed by atoms with E-state index < -0.39 is 42.8 Å². The van der Waals surface area contributed by atoms with E-state index in [1.54, 1.807) is 12.1 Å². The Morgan fingerprint density at radius 1 is 1.00 bits per heavy atom. The lowest BCUT2D eigenvalue weighted by atomic mass is 9.95. The summed E-state index contributed by atoms with van der Waals surface area (Å²) in [7, 11) is 0. The Balaban J connectivity index is 1.49. The number of Topliss-reactive ketones (excluding diaryl/α,β-unsaturated/α-hetero) is 1. The van der Waals surface area contributed by atoms with Crippen molar-refractivity contribution in [2.24, 2.45) is 0 Å². The molecule has 32 heavy (non-hydrogen) atoms. The minimum absolute atomic E-state index is 0.00355. The Labute approximate surface area is 180 Å². The van der Waals surface area contributed by atoms with Crippen LogP contribution >= 0.6 is 0 Å². The van der Waals surface area contributed by atoms with Crippen molar-refractivity contribution in [1.29, 1.82) is 0 Å². The number of carboxylic acid groups (broad SMARTS) is 1. The number of ketones is 1. The number of fused-ring (bicyclic) bond motifs is 1. The Hall–Kier alpha value is -3.38. The SMILES string of the molecule is O=C1CC(c2ccc(O[C@H]3O[C@@H](C(=O)O)[C@H](O)[C@@H](O)[C@@H]3O)cc2)Oc2cc(O)cc(O)c21. The molecule has 1 unspecified atom stereocenters. The van der Waals surface area contributed by atoms with E-state index >= 15 is 0 Å². The first-order chi connectivity index (χ1) is 15.2. The van der Waals surface area contributed by atoms with Crippen LogP contribution in [0.1, 0.15) is 28.4 Å². The van der Waals surface area contributed by atoms with E-state index in [9.17, 15) is 35.1 Å². The molecule has 2 heterocycles. The molecule has 1 fully saturated rings. The number of rotatable bonds is 4. The fourth-order valence-electron chi connectivity index (χ4n) is 3.66. The molecule has 6 N–H and O–H groups in total. The maximum absolute atomic E-state index is 12.4. The maximum atomic E-state index is 12.4. The summed E-state index contributed by atoms with van der Waals surface area (Å²) in [5.74, 6) is -2.30. The molecule has 0 radical (unpaired) electrons. The lowest BCUT2D eigenvalue weighted by Crippen LogP contribution is -2.61. The number of phenols is 2. The van der Waals surface area contributed by atoms with Crippen LogP contribution in [0, 0.1) is 0 Å². The van der Waals surface area contributed by atoms with Crippen LogP contribution in [-0.2, 0) is 9.53 Å². The molecule has 11 heteroatoms. The molecule has 0 spiro atoms. The van der Waals surface area contributed by atoms with E-state index in [1.807, 2.05) is 0 Å². The van der Waals surface area contributed by atoms with Gasteiger partial charge in [0.25, 0.3) is 0 Å². The molecule has 0 aromatic heterocycles. The summed E-state index contributed by atoms with van der Waals surface area (Å²) in [6.07, 6.45) is -9.40. The first-order valence-corrected chi connectivity index (χ1v) is 9.60. The Morgan fingerprint density at radius 2 is 1.69 bits per heavy atom. The van der Waals surface area contributed by atoms with Crippen LogP contribution in [0.2, 0.25) is 0 Å². The molecule has 2 aliphatic rings. The molecule has 11 nitrogen and oxygen atoms in total. The van der Waals surface area contributed by atoms with E-state index in [-0.39, 0.29) is 40.8 Å². The summed E-state index contributed by atoms with van der Waals surface area (Å²) in [4.78, 5) is 23.6. The van der Waals surface area contributed by atoms with Crippen molar-refractivity contribution >= 4 is 11.8 Å². The van der Waals surface area contributed by atoms with E-state index in [0.29, 0.717) is 5.56 Å². The number of aliphatic hydroxyl groups is 3. The summed E-state index contributed by atoms with van der Waals surface area (Å²) in [6, 6.07) is 8.34. The topological polar surface area (TPSA) is 183 Å². The van der Waals surface area contributed by atoms with Crippen LogP contribution in [0.15, 0.2) is 36.4 Å². The highest BCUT2D eigenvalue weighted by Crippen LogP contribution is 2.41. The number of carbonyl (C=O) groups is 2. The van der Waals surface area contributed by atoms with Gasteiger partial charge in [-0.3, -0.25) is 4.79 Å². The number of hydrogen-bond donors (Lipinski definition) is 6. The van der Waals surface area contributed by atoms with Gasteiger partial charge in [-0.2, -0.15) is 0 Å². The van der Waals surface area contributed by atoms with Gasteiger partial charge in [0.1, 0.15) is 53.0 Å². The van der Waals surface area contributed by atoms with Crippen molar-refractivity contribution in [3.63, 3.8) is 0 Å². The summed E-state index contributed by atoms with van der Waals surface area (Å²) in [5, 5.41) is 58.3. The highest BCUT2D eigenvalue weighted by Gasteiger charge is 2.48. The van der Waals surface area contributed by atoms with E-state index in [4.69, 9.17) is 19.3 Å². The van der Waals surface area contributed by atoms with Gasteiger partial charge >= 0.3 is 5.97 Å².